The molecule has 27 heavy (non-hydrogen) atoms. The minimum atomic E-state index is -0.465. The number of rotatable bonds is 3. The van der Waals surface area contributed by atoms with E-state index in [1.807, 2.05) is 16.4 Å². The topological polar surface area (TPSA) is 66.8 Å². The molecule has 1 amide bonds. The van der Waals surface area contributed by atoms with Crippen LogP contribution >= 0.6 is 0 Å². The van der Waals surface area contributed by atoms with Crippen molar-refractivity contribution in [3.63, 3.8) is 0 Å². The van der Waals surface area contributed by atoms with Gasteiger partial charge >= 0.3 is 0 Å². The monoisotopic (exact) mass is 374 g/mol. The molecule has 2 aliphatic heterocycles. The Labute approximate surface area is 156 Å². The number of anilines is 1. The van der Waals surface area contributed by atoms with Gasteiger partial charge in [0.05, 0.1) is 24.4 Å². The van der Waals surface area contributed by atoms with Crippen molar-refractivity contribution >= 4 is 22.5 Å². The zero-order chi connectivity index (χ0) is 19.0. The molecule has 0 aliphatic carbocycles. The molecule has 0 spiro atoms. The van der Waals surface area contributed by atoms with Gasteiger partial charge in [-0.05, 0) is 25.5 Å². The lowest BCUT2D eigenvalue weighted by atomic mass is 10.1. The molecule has 0 bridgehead atoms. The van der Waals surface area contributed by atoms with Gasteiger partial charge in [0.2, 0.25) is 5.43 Å². The number of hydrogen-bond acceptors (Lipinski definition) is 5. The molecule has 0 radical (unpaired) electrons. The Kier molecular flexibility index (Phi) is 4.84. The maximum Gasteiger partial charge on any atom is 0.282 e. The highest BCUT2D eigenvalue weighted by atomic mass is 19.1. The van der Waals surface area contributed by atoms with Crippen LogP contribution in [0.4, 0.5) is 10.1 Å². The van der Waals surface area contributed by atoms with Crippen molar-refractivity contribution in [1.29, 1.82) is 0 Å². The Bertz CT molecular complexity index is 931. The molecule has 7 nitrogen and oxygen atoms in total. The lowest BCUT2D eigenvalue weighted by Gasteiger charge is -2.30. The number of pyridine rings is 1. The van der Waals surface area contributed by atoms with Gasteiger partial charge in [-0.1, -0.05) is 0 Å². The van der Waals surface area contributed by atoms with Gasteiger partial charge in [-0.15, -0.1) is 0 Å². The van der Waals surface area contributed by atoms with Gasteiger partial charge in [-0.25, -0.2) is 9.45 Å². The largest absolute Gasteiger partial charge is 0.367 e. The smallest absolute Gasteiger partial charge is 0.282 e. The molecule has 2 fully saturated rings. The normalized spacial score (nSPS) is 17.7. The summed E-state index contributed by atoms with van der Waals surface area (Å²) in [5.41, 5.74) is 0.686. The minimum absolute atomic E-state index is 0.0144. The van der Waals surface area contributed by atoms with E-state index in [4.69, 9.17) is 4.84 Å². The Balaban J connectivity index is 1.84. The molecule has 0 atom stereocenters. The van der Waals surface area contributed by atoms with Gasteiger partial charge < -0.3 is 14.8 Å². The second kappa shape index (κ2) is 7.28. The summed E-state index contributed by atoms with van der Waals surface area (Å²) in [5, 5.41) is 4.68. The van der Waals surface area contributed by atoms with Gasteiger partial charge in [-0.3, -0.25) is 14.4 Å². The van der Waals surface area contributed by atoms with Crippen LogP contribution in [0.25, 0.3) is 10.9 Å². The van der Waals surface area contributed by atoms with E-state index in [0.717, 1.165) is 19.5 Å². The van der Waals surface area contributed by atoms with Gasteiger partial charge in [0.15, 0.2) is 0 Å². The highest BCUT2D eigenvalue weighted by Gasteiger charge is 2.26. The molecule has 144 valence electrons. The van der Waals surface area contributed by atoms with Crippen LogP contribution in [0.3, 0.4) is 0 Å². The number of aryl methyl sites for hydroxylation is 1. The summed E-state index contributed by atoms with van der Waals surface area (Å²) >= 11 is 0. The second-order valence-corrected chi connectivity index (χ2v) is 6.81. The molecule has 1 aromatic carbocycles. The Morgan fingerprint density at radius 2 is 2.04 bits per heavy atom. The van der Waals surface area contributed by atoms with E-state index in [2.05, 4.69) is 5.32 Å². The van der Waals surface area contributed by atoms with Crippen molar-refractivity contribution in [2.75, 3.05) is 44.2 Å². The first kappa shape index (κ1) is 17.9. The number of amides is 1. The number of halogens is 1. The summed E-state index contributed by atoms with van der Waals surface area (Å²) in [6, 6.07) is 2.99. The Hall–Kier alpha value is -2.45. The number of carbonyl (C=O) groups is 1. The van der Waals surface area contributed by atoms with E-state index in [1.165, 1.54) is 11.1 Å². The lowest BCUT2D eigenvalue weighted by molar-refractivity contribution is -0.0769. The summed E-state index contributed by atoms with van der Waals surface area (Å²) in [4.78, 5) is 32.8. The molecule has 3 heterocycles. The Morgan fingerprint density at radius 1 is 1.26 bits per heavy atom. The summed E-state index contributed by atoms with van der Waals surface area (Å²) in [6.45, 7) is 6.41. The molecule has 0 saturated carbocycles. The maximum atomic E-state index is 14.8. The van der Waals surface area contributed by atoms with E-state index in [9.17, 15) is 14.0 Å². The highest BCUT2D eigenvalue weighted by Crippen LogP contribution is 2.26. The molecule has 2 aromatic rings. The number of benzene rings is 1. The lowest BCUT2D eigenvalue weighted by Crippen LogP contribution is -2.44. The van der Waals surface area contributed by atoms with Crippen molar-refractivity contribution in [3.05, 3.63) is 39.9 Å². The first-order valence-corrected chi connectivity index (χ1v) is 9.37. The summed E-state index contributed by atoms with van der Waals surface area (Å²) in [5.74, 6) is -0.903. The van der Waals surface area contributed by atoms with Crippen molar-refractivity contribution in [2.45, 2.75) is 19.9 Å². The number of nitrogens with one attached hydrogen (secondary N) is 1. The molecule has 0 unspecified atom stereocenters. The molecule has 4 rings (SSSR count). The predicted molar refractivity (Wildman–Crippen MR) is 101 cm³/mol. The van der Waals surface area contributed by atoms with E-state index in [1.54, 1.807) is 12.3 Å². The SMILES string of the molecule is CCn1cc(C(=O)N2CCCO2)c(=O)c2cc(F)c(N3CCNCC3)cc21. The Morgan fingerprint density at radius 3 is 2.70 bits per heavy atom. The minimum Gasteiger partial charge on any atom is -0.367 e. The fraction of sp³-hybridized carbons (Fsp3) is 0.474. The van der Waals surface area contributed by atoms with Crippen LogP contribution in [-0.2, 0) is 11.4 Å². The van der Waals surface area contributed by atoms with E-state index in [0.29, 0.717) is 44.0 Å². The van der Waals surface area contributed by atoms with Crippen molar-refractivity contribution in [1.82, 2.24) is 14.9 Å². The van der Waals surface area contributed by atoms with Crippen molar-refractivity contribution in [3.8, 4) is 0 Å². The maximum absolute atomic E-state index is 14.8. The molecule has 2 saturated heterocycles. The number of nitrogens with zero attached hydrogens (tertiary/aromatic N) is 3. The fourth-order valence-electron chi connectivity index (χ4n) is 3.70. The average molecular weight is 374 g/mol. The summed E-state index contributed by atoms with van der Waals surface area (Å²) < 4.78 is 16.6. The number of carbonyl (C=O) groups excluding carboxylic acids is 1. The summed E-state index contributed by atoms with van der Waals surface area (Å²) in [7, 11) is 0. The molecule has 2 aliphatic rings. The van der Waals surface area contributed by atoms with Crippen LogP contribution < -0.4 is 15.6 Å². The fourth-order valence-corrected chi connectivity index (χ4v) is 3.70. The van der Waals surface area contributed by atoms with E-state index >= 15 is 0 Å². The predicted octanol–water partition coefficient (Wildman–Crippen LogP) is 1.35. The third-order valence-electron chi connectivity index (χ3n) is 5.16. The number of aromatic nitrogens is 1. The quantitative estimate of drug-likeness (QED) is 0.879. The van der Waals surface area contributed by atoms with Crippen molar-refractivity contribution in [2.24, 2.45) is 0 Å². The number of piperazine rings is 1. The number of hydrogen-bond donors (Lipinski definition) is 1. The molecule has 1 aromatic heterocycles. The second-order valence-electron chi connectivity index (χ2n) is 6.81. The average Bonchev–Trinajstić information content (AvgIpc) is 3.23. The van der Waals surface area contributed by atoms with E-state index < -0.39 is 17.2 Å². The zero-order valence-corrected chi connectivity index (χ0v) is 15.3. The first-order valence-electron chi connectivity index (χ1n) is 9.37. The first-order chi connectivity index (χ1) is 13.1. The van der Waals surface area contributed by atoms with Crippen LogP contribution in [0, 0.1) is 5.82 Å². The molecule has 8 heteroatoms. The van der Waals surface area contributed by atoms with Gasteiger partial charge in [-0.2, -0.15) is 0 Å². The van der Waals surface area contributed by atoms with Crippen LogP contribution in [0.2, 0.25) is 0 Å². The van der Waals surface area contributed by atoms with Crippen LogP contribution in [0.1, 0.15) is 23.7 Å². The molecular weight excluding hydrogens is 351 g/mol. The number of fused-ring (bicyclic) bond motifs is 1. The number of hydroxylamine groups is 2. The standard InChI is InChI=1S/C19H23FN4O3/c1-2-22-12-14(19(26)24-6-3-9-27-24)18(25)13-10-15(20)17(11-16(13)22)23-7-4-21-5-8-23/h10-12,21H,2-9H2,1H3. The molecular formula is C19H23FN4O3. The zero-order valence-electron chi connectivity index (χ0n) is 15.3. The van der Waals surface area contributed by atoms with Crippen LogP contribution in [0.5, 0.6) is 0 Å². The van der Waals surface area contributed by atoms with Crippen LogP contribution in [0.15, 0.2) is 23.1 Å². The molecule has 1 N–H and O–H groups in total. The third kappa shape index (κ3) is 3.19. The van der Waals surface area contributed by atoms with Gasteiger partial charge in [0.1, 0.15) is 11.4 Å². The third-order valence-corrected chi connectivity index (χ3v) is 5.16. The van der Waals surface area contributed by atoms with Crippen molar-refractivity contribution < 1.29 is 14.0 Å². The van der Waals surface area contributed by atoms with E-state index in [-0.39, 0.29) is 10.9 Å². The van der Waals surface area contributed by atoms with Crippen LogP contribution in [-0.4, -0.2) is 54.9 Å². The highest BCUT2D eigenvalue weighted by molar-refractivity contribution is 5.97. The van der Waals surface area contributed by atoms with Gasteiger partial charge in [0.25, 0.3) is 5.91 Å². The van der Waals surface area contributed by atoms with Gasteiger partial charge in [0, 0.05) is 44.3 Å². The summed E-state index contributed by atoms with van der Waals surface area (Å²) in [6.07, 6.45) is 2.30.